The summed E-state index contributed by atoms with van der Waals surface area (Å²) in [7, 11) is 0. The third-order valence-electron chi connectivity index (χ3n) is 6.28. The van der Waals surface area contributed by atoms with Crippen LogP contribution in [0.5, 0.6) is 0 Å². The molecule has 6 heteroatoms. The van der Waals surface area contributed by atoms with Gasteiger partial charge in [0.2, 0.25) is 17.6 Å². The molecule has 1 aromatic heterocycles. The Bertz CT molecular complexity index is 1100. The second-order valence-corrected chi connectivity index (χ2v) is 10.1. The Morgan fingerprint density at radius 1 is 1.12 bits per heavy atom. The third-order valence-corrected chi connectivity index (χ3v) is 6.28. The van der Waals surface area contributed by atoms with Gasteiger partial charge in [0.25, 0.3) is 0 Å². The Balaban J connectivity index is 1.50. The summed E-state index contributed by atoms with van der Waals surface area (Å²) in [5.74, 6) is 1.10. The molecule has 1 aliphatic rings. The SMILES string of the molecule is Cc1ccc(N2CCCC(C(=O)N(Cc3nc(-c4cccc(C)c4)no3)C(C)(C)C)C2)cc1. The second-order valence-electron chi connectivity index (χ2n) is 10.1. The molecule has 2 aromatic carbocycles. The van der Waals surface area contributed by atoms with Crippen LogP contribution in [-0.2, 0) is 11.3 Å². The predicted octanol–water partition coefficient (Wildman–Crippen LogP) is 5.40. The van der Waals surface area contributed by atoms with Gasteiger partial charge in [0.1, 0.15) is 6.54 Å². The normalized spacial score (nSPS) is 16.6. The van der Waals surface area contributed by atoms with Crippen LogP contribution in [0.15, 0.2) is 53.1 Å². The molecule has 1 fully saturated rings. The van der Waals surface area contributed by atoms with E-state index in [1.807, 2.05) is 36.1 Å². The number of aryl methyl sites for hydroxylation is 2. The van der Waals surface area contributed by atoms with Gasteiger partial charge in [0.15, 0.2) is 0 Å². The van der Waals surface area contributed by atoms with Gasteiger partial charge in [-0.05, 0) is 65.7 Å². The number of hydrogen-bond acceptors (Lipinski definition) is 5. The lowest BCUT2D eigenvalue weighted by Gasteiger charge is -2.40. The van der Waals surface area contributed by atoms with Crippen molar-refractivity contribution in [2.45, 2.75) is 59.5 Å². The highest BCUT2D eigenvalue weighted by atomic mass is 16.5. The molecule has 0 N–H and O–H groups in total. The molecular formula is C27H34N4O2. The maximum Gasteiger partial charge on any atom is 0.246 e. The van der Waals surface area contributed by atoms with E-state index in [1.165, 1.54) is 11.3 Å². The number of rotatable bonds is 5. The van der Waals surface area contributed by atoms with Crippen molar-refractivity contribution in [2.24, 2.45) is 5.92 Å². The average molecular weight is 447 g/mol. The van der Waals surface area contributed by atoms with Crippen LogP contribution >= 0.6 is 0 Å². The summed E-state index contributed by atoms with van der Waals surface area (Å²) >= 11 is 0. The maximum atomic E-state index is 13.7. The van der Waals surface area contributed by atoms with E-state index in [-0.39, 0.29) is 17.4 Å². The summed E-state index contributed by atoms with van der Waals surface area (Å²) in [4.78, 5) is 22.5. The van der Waals surface area contributed by atoms with Gasteiger partial charge in [-0.25, -0.2) is 0 Å². The highest BCUT2D eigenvalue weighted by Gasteiger charge is 2.35. The fraction of sp³-hybridized carbons (Fsp3) is 0.444. The van der Waals surface area contributed by atoms with Crippen molar-refractivity contribution in [1.82, 2.24) is 15.0 Å². The first-order chi connectivity index (χ1) is 15.7. The minimum Gasteiger partial charge on any atom is -0.371 e. The summed E-state index contributed by atoms with van der Waals surface area (Å²) < 4.78 is 5.56. The number of aromatic nitrogens is 2. The van der Waals surface area contributed by atoms with Crippen molar-refractivity contribution in [2.75, 3.05) is 18.0 Å². The number of hydrogen-bond donors (Lipinski definition) is 0. The van der Waals surface area contributed by atoms with Crippen molar-refractivity contribution in [3.05, 3.63) is 65.5 Å². The number of nitrogens with zero attached hydrogens (tertiary/aromatic N) is 4. The van der Waals surface area contributed by atoms with E-state index in [1.54, 1.807) is 0 Å². The van der Waals surface area contributed by atoms with Crippen LogP contribution in [-0.4, -0.2) is 39.6 Å². The van der Waals surface area contributed by atoms with Crippen LogP contribution in [0.4, 0.5) is 5.69 Å². The first-order valence-electron chi connectivity index (χ1n) is 11.7. The summed E-state index contributed by atoms with van der Waals surface area (Å²) in [5, 5.41) is 4.16. The molecule has 0 saturated carbocycles. The smallest absolute Gasteiger partial charge is 0.246 e. The Kier molecular flexibility index (Phi) is 6.54. The zero-order valence-corrected chi connectivity index (χ0v) is 20.3. The van der Waals surface area contributed by atoms with E-state index >= 15 is 0 Å². The van der Waals surface area contributed by atoms with Gasteiger partial charge in [0, 0.05) is 29.9 Å². The number of carbonyl (C=O) groups is 1. The number of piperidine rings is 1. The van der Waals surface area contributed by atoms with Gasteiger partial charge in [-0.3, -0.25) is 4.79 Å². The molecular weight excluding hydrogens is 412 g/mol. The van der Waals surface area contributed by atoms with E-state index in [0.29, 0.717) is 18.3 Å². The topological polar surface area (TPSA) is 62.5 Å². The maximum absolute atomic E-state index is 13.7. The minimum absolute atomic E-state index is 0.0570. The van der Waals surface area contributed by atoms with Gasteiger partial charge >= 0.3 is 0 Å². The Hall–Kier alpha value is -3.15. The van der Waals surface area contributed by atoms with E-state index in [9.17, 15) is 4.79 Å². The second kappa shape index (κ2) is 9.38. The van der Waals surface area contributed by atoms with E-state index < -0.39 is 0 Å². The first-order valence-corrected chi connectivity index (χ1v) is 11.7. The molecule has 0 bridgehead atoms. The fourth-order valence-electron chi connectivity index (χ4n) is 4.39. The molecule has 0 radical (unpaired) electrons. The van der Waals surface area contributed by atoms with Crippen LogP contribution in [0.25, 0.3) is 11.4 Å². The highest BCUT2D eigenvalue weighted by Crippen LogP contribution is 2.28. The van der Waals surface area contributed by atoms with Gasteiger partial charge in [0.05, 0.1) is 5.92 Å². The van der Waals surface area contributed by atoms with Gasteiger partial charge in [-0.2, -0.15) is 4.98 Å². The molecule has 0 aliphatic carbocycles. The molecule has 6 nitrogen and oxygen atoms in total. The van der Waals surface area contributed by atoms with Gasteiger partial charge in [-0.1, -0.05) is 46.6 Å². The van der Waals surface area contributed by atoms with Crippen molar-refractivity contribution >= 4 is 11.6 Å². The number of amides is 1. The van der Waals surface area contributed by atoms with E-state index in [2.05, 4.69) is 67.0 Å². The van der Waals surface area contributed by atoms with Crippen LogP contribution in [0.1, 0.15) is 50.6 Å². The zero-order valence-electron chi connectivity index (χ0n) is 20.3. The molecule has 4 rings (SSSR count). The monoisotopic (exact) mass is 446 g/mol. The van der Waals surface area contributed by atoms with Gasteiger partial charge in [-0.15, -0.1) is 0 Å². The fourth-order valence-corrected chi connectivity index (χ4v) is 4.39. The lowest BCUT2D eigenvalue weighted by atomic mass is 9.93. The molecule has 1 unspecified atom stereocenters. The molecule has 0 spiro atoms. The van der Waals surface area contributed by atoms with Crippen molar-refractivity contribution < 1.29 is 9.32 Å². The summed E-state index contributed by atoms with van der Waals surface area (Å²) in [6.45, 7) is 12.3. The molecule has 33 heavy (non-hydrogen) atoms. The average Bonchev–Trinajstić information content (AvgIpc) is 3.26. The molecule has 1 amide bonds. The first kappa shape index (κ1) is 23.0. The predicted molar refractivity (Wildman–Crippen MR) is 131 cm³/mol. The van der Waals surface area contributed by atoms with Crippen LogP contribution in [0.3, 0.4) is 0 Å². The van der Waals surface area contributed by atoms with Crippen molar-refractivity contribution in [1.29, 1.82) is 0 Å². The summed E-state index contributed by atoms with van der Waals surface area (Å²) in [5.41, 5.74) is 4.12. The quantitative estimate of drug-likeness (QED) is 0.525. The lowest BCUT2D eigenvalue weighted by Crippen LogP contribution is -2.51. The Labute approximate surface area is 196 Å². The van der Waals surface area contributed by atoms with Crippen molar-refractivity contribution in [3.8, 4) is 11.4 Å². The molecule has 2 heterocycles. The number of benzene rings is 2. The van der Waals surface area contributed by atoms with Crippen molar-refractivity contribution in [3.63, 3.8) is 0 Å². The molecule has 1 aliphatic heterocycles. The number of anilines is 1. The van der Waals surface area contributed by atoms with E-state index in [4.69, 9.17) is 4.52 Å². The van der Waals surface area contributed by atoms with Crippen LogP contribution < -0.4 is 4.90 Å². The standard InChI is InChI=1S/C27H34N4O2/c1-19-11-13-23(14-12-19)30-15-7-10-22(17-30)26(32)31(27(3,4)5)18-24-28-25(29-33-24)21-9-6-8-20(2)16-21/h6,8-9,11-14,16,22H,7,10,15,17-18H2,1-5H3. The molecule has 1 atom stereocenters. The van der Waals surface area contributed by atoms with E-state index in [0.717, 1.165) is 37.1 Å². The molecule has 1 saturated heterocycles. The molecule has 174 valence electrons. The largest absolute Gasteiger partial charge is 0.371 e. The Morgan fingerprint density at radius 3 is 2.58 bits per heavy atom. The minimum atomic E-state index is -0.360. The lowest BCUT2D eigenvalue weighted by molar-refractivity contribution is -0.142. The third kappa shape index (κ3) is 5.44. The highest BCUT2D eigenvalue weighted by molar-refractivity contribution is 5.80. The Morgan fingerprint density at radius 2 is 1.88 bits per heavy atom. The summed E-state index contributed by atoms with van der Waals surface area (Å²) in [6.07, 6.45) is 1.90. The van der Waals surface area contributed by atoms with Gasteiger partial charge < -0.3 is 14.3 Å². The summed E-state index contributed by atoms with van der Waals surface area (Å²) in [6, 6.07) is 16.6. The molecule has 3 aromatic rings. The zero-order chi connectivity index (χ0) is 23.6. The van der Waals surface area contributed by atoms with Crippen LogP contribution in [0.2, 0.25) is 0 Å². The van der Waals surface area contributed by atoms with Crippen LogP contribution in [0, 0.1) is 19.8 Å². The number of carbonyl (C=O) groups excluding carboxylic acids is 1.